The average Bonchev–Trinajstić information content (AvgIpc) is 2.09. The third-order valence-corrected chi connectivity index (χ3v) is 1.95. The summed E-state index contributed by atoms with van der Waals surface area (Å²) in [4.78, 5) is 14.9. The van der Waals surface area contributed by atoms with Gasteiger partial charge in [0.2, 0.25) is 5.91 Å². The van der Waals surface area contributed by atoms with E-state index in [1.54, 1.807) is 6.92 Å². The lowest BCUT2D eigenvalue weighted by Gasteiger charge is -2.31. The van der Waals surface area contributed by atoms with Crippen LogP contribution >= 0.6 is 0 Å². The molecule has 1 aliphatic rings. The maximum Gasteiger partial charge on any atom is 0.219 e. The Morgan fingerprint density at radius 1 is 1.17 bits per heavy atom. The van der Waals surface area contributed by atoms with Crippen LogP contribution in [-0.2, 0) is 4.79 Å². The van der Waals surface area contributed by atoms with Crippen LogP contribution in [0.2, 0.25) is 0 Å². The third kappa shape index (κ3) is 3.53. The maximum absolute atomic E-state index is 10.8. The van der Waals surface area contributed by atoms with Gasteiger partial charge in [-0.25, -0.2) is 0 Å². The Balaban J connectivity index is 0.000000561. The van der Waals surface area contributed by atoms with Crippen LogP contribution in [0.25, 0.3) is 0 Å². The largest absolute Gasteiger partial charge is 0.340 e. The van der Waals surface area contributed by atoms with Gasteiger partial charge in [-0.2, -0.15) is 0 Å². The van der Waals surface area contributed by atoms with Crippen LogP contribution in [0, 0.1) is 0 Å². The standard InChI is InChI=1S/C7H14N2O.C2H4/c1-7(10)9-5-3-8(2)4-6-9;1-2/h3-6H2,1-2H3;1-2H2. The van der Waals surface area contributed by atoms with E-state index < -0.39 is 0 Å². The lowest BCUT2D eigenvalue weighted by molar-refractivity contribution is -0.130. The van der Waals surface area contributed by atoms with Crippen molar-refractivity contribution in [3.8, 4) is 0 Å². The molecule has 70 valence electrons. The van der Waals surface area contributed by atoms with E-state index >= 15 is 0 Å². The van der Waals surface area contributed by atoms with Crippen LogP contribution in [0.5, 0.6) is 0 Å². The van der Waals surface area contributed by atoms with Gasteiger partial charge in [0.1, 0.15) is 0 Å². The maximum atomic E-state index is 10.8. The van der Waals surface area contributed by atoms with Crippen molar-refractivity contribution in [1.29, 1.82) is 0 Å². The van der Waals surface area contributed by atoms with Gasteiger partial charge >= 0.3 is 0 Å². The summed E-state index contributed by atoms with van der Waals surface area (Å²) in [7, 11) is 2.08. The predicted molar refractivity (Wildman–Crippen MR) is 51.0 cm³/mol. The minimum atomic E-state index is 0.202. The van der Waals surface area contributed by atoms with Gasteiger partial charge in [0.15, 0.2) is 0 Å². The normalized spacial score (nSPS) is 18.0. The first kappa shape index (κ1) is 11.2. The van der Waals surface area contributed by atoms with Gasteiger partial charge in [0.05, 0.1) is 0 Å². The molecule has 12 heavy (non-hydrogen) atoms. The summed E-state index contributed by atoms with van der Waals surface area (Å²) in [6.07, 6.45) is 0. The van der Waals surface area contributed by atoms with E-state index in [1.165, 1.54) is 0 Å². The van der Waals surface area contributed by atoms with E-state index in [2.05, 4.69) is 25.1 Å². The van der Waals surface area contributed by atoms with Crippen molar-refractivity contribution < 1.29 is 4.79 Å². The van der Waals surface area contributed by atoms with Crippen LogP contribution in [0.4, 0.5) is 0 Å². The number of carbonyl (C=O) groups is 1. The second-order valence-electron chi connectivity index (χ2n) is 2.81. The molecule has 0 aromatic rings. The van der Waals surface area contributed by atoms with Gasteiger partial charge < -0.3 is 9.80 Å². The second-order valence-corrected chi connectivity index (χ2v) is 2.81. The molecule has 0 atom stereocenters. The average molecular weight is 170 g/mol. The van der Waals surface area contributed by atoms with E-state index in [-0.39, 0.29) is 5.91 Å². The van der Waals surface area contributed by atoms with E-state index in [9.17, 15) is 4.79 Å². The fraction of sp³-hybridized carbons (Fsp3) is 0.667. The van der Waals surface area contributed by atoms with Gasteiger partial charge in [0, 0.05) is 33.1 Å². The highest BCUT2D eigenvalue weighted by Gasteiger charge is 2.14. The molecule has 1 rings (SSSR count). The number of carbonyl (C=O) groups excluding carboxylic acids is 1. The number of hydrogen-bond donors (Lipinski definition) is 0. The molecule has 1 amide bonds. The highest BCUT2D eigenvalue weighted by Crippen LogP contribution is 1.98. The summed E-state index contributed by atoms with van der Waals surface area (Å²) in [5.74, 6) is 0.202. The molecule has 0 radical (unpaired) electrons. The van der Waals surface area contributed by atoms with Crippen LogP contribution in [0.15, 0.2) is 13.2 Å². The molecule has 1 aliphatic heterocycles. The van der Waals surface area contributed by atoms with E-state index in [0.29, 0.717) is 0 Å². The van der Waals surface area contributed by atoms with Crippen molar-refractivity contribution in [2.75, 3.05) is 33.2 Å². The van der Waals surface area contributed by atoms with E-state index in [0.717, 1.165) is 26.2 Å². The minimum Gasteiger partial charge on any atom is -0.340 e. The molecule has 0 aromatic heterocycles. The van der Waals surface area contributed by atoms with Crippen LogP contribution in [0.3, 0.4) is 0 Å². The number of likely N-dealkylation sites (N-methyl/N-ethyl adjacent to an activating group) is 1. The summed E-state index contributed by atoms with van der Waals surface area (Å²) >= 11 is 0. The van der Waals surface area contributed by atoms with Crippen LogP contribution in [0.1, 0.15) is 6.92 Å². The molecular formula is C9H18N2O. The molecule has 0 aliphatic carbocycles. The molecule has 0 bridgehead atoms. The molecule has 0 saturated carbocycles. The van der Waals surface area contributed by atoms with Gasteiger partial charge in [0.25, 0.3) is 0 Å². The summed E-state index contributed by atoms with van der Waals surface area (Å²) < 4.78 is 0. The van der Waals surface area contributed by atoms with Crippen molar-refractivity contribution in [3.05, 3.63) is 13.2 Å². The molecule has 1 heterocycles. The smallest absolute Gasteiger partial charge is 0.219 e. The number of rotatable bonds is 0. The van der Waals surface area contributed by atoms with Gasteiger partial charge in [-0.1, -0.05) is 0 Å². The van der Waals surface area contributed by atoms with Crippen molar-refractivity contribution in [3.63, 3.8) is 0 Å². The van der Waals surface area contributed by atoms with Gasteiger partial charge in [-0.3, -0.25) is 4.79 Å². The summed E-state index contributed by atoms with van der Waals surface area (Å²) in [6.45, 7) is 11.4. The first-order valence-corrected chi connectivity index (χ1v) is 4.14. The van der Waals surface area contributed by atoms with Crippen molar-refractivity contribution in [2.45, 2.75) is 6.92 Å². The molecule has 0 aromatic carbocycles. The molecule has 1 fully saturated rings. The quantitative estimate of drug-likeness (QED) is 0.497. The molecular weight excluding hydrogens is 152 g/mol. The monoisotopic (exact) mass is 170 g/mol. The van der Waals surface area contributed by atoms with Gasteiger partial charge in [-0.05, 0) is 7.05 Å². The van der Waals surface area contributed by atoms with Gasteiger partial charge in [-0.15, -0.1) is 13.2 Å². The lowest BCUT2D eigenvalue weighted by Crippen LogP contribution is -2.46. The van der Waals surface area contributed by atoms with E-state index in [4.69, 9.17) is 0 Å². The predicted octanol–water partition coefficient (Wildman–Crippen LogP) is 0.583. The Bertz CT molecular complexity index is 139. The van der Waals surface area contributed by atoms with Crippen LogP contribution < -0.4 is 0 Å². The topological polar surface area (TPSA) is 23.6 Å². The number of piperazine rings is 1. The van der Waals surface area contributed by atoms with Crippen molar-refractivity contribution in [1.82, 2.24) is 9.80 Å². The Morgan fingerprint density at radius 2 is 1.58 bits per heavy atom. The molecule has 0 unspecified atom stereocenters. The minimum absolute atomic E-state index is 0.202. The third-order valence-electron chi connectivity index (χ3n) is 1.95. The Hall–Kier alpha value is -0.830. The number of amides is 1. The Morgan fingerprint density at radius 3 is 1.92 bits per heavy atom. The summed E-state index contributed by atoms with van der Waals surface area (Å²) in [5.41, 5.74) is 0. The van der Waals surface area contributed by atoms with E-state index in [1.807, 2.05) is 4.90 Å². The molecule has 0 spiro atoms. The van der Waals surface area contributed by atoms with Crippen molar-refractivity contribution >= 4 is 5.91 Å². The first-order chi connectivity index (χ1) is 5.70. The molecule has 3 heteroatoms. The Labute approximate surface area is 74.7 Å². The SMILES string of the molecule is C=C.CC(=O)N1CCN(C)CC1. The number of nitrogens with zero attached hydrogens (tertiary/aromatic N) is 2. The van der Waals surface area contributed by atoms with Crippen LogP contribution in [-0.4, -0.2) is 48.9 Å². The fourth-order valence-electron chi connectivity index (χ4n) is 1.12. The van der Waals surface area contributed by atoms with Crippen molar-refractivity contribution in [2.24, 2.45) is 0 Å². The summed E-state index contributed by atoms with van der Waals surface area (Å²) in [5, 5.41) is 0. The zero-order valence-corrected chi connectivity index (χ0v) is 8.05. The second kappa shape index (κ2) is 5.77. The lowest BCUT2D eigenvalue weighted by atomic mass is 10.3. The molecule has 1 saturated heterocycles. The Kier molecular flexibility index (Phi) is 5.37. The fourth-order valence-corrected chi connectivity index (χ4v) is 1.12. The molecule has 0 N–H and O–H groups in total. The zero-order valence-electron chi connectivity index (χ0n) is 8.05. The summed E-state index contributed by atoms with van der Waals surface area (Å²) in [6, 6.07) is 0. The molecule has 3 nitrogen and oxygen atoms in total. The first-order valence-electron chi connectivity index (χ1n) is 4.14. The highest BCUT2D eigenvalue weighted by atomic mass is 16.2. The highest BCUT2D eigenvalue weighted by molar-refractivity contribution is 5.73. The number of hydrogen-bond acceptors (Lipinski definition) is 2. The zero-order chi connectivity index (χ0) is 9.56.